The summed E-state index contributed by atoms with van der Waals surface area (Å²) in [4.78, 5) is 1.42. The number of hydrogen-bond donors (Lipinski definition) is 1. The van der Waals surface area contributed by atoms with Crippen molar-refractivity contribution < 1.29 is 17.3 Å². The highest BCUT2D eigenvalue weighted by atomic mass is 35.5. The minimum absolute atomic E-state index is 0. The van der Waals surface area contributed by atoms with Crippen molar-refractivity contribution in [3.63, 3.8) is 0 Å². The summed E-state index contributed by atoms with van der Waals surface area (Å²) >= 11 is 0. The molecule has 0 aliphatic carbocycles. The van der Waals surface area contributed by atoms with Crippen LogP contribution in [0.2, 0.25) is 0 Å². The highest BCUT2D eigenvalue weighted by molar-refractivity contribution is 4.49. The van der Waals surface area contributed by atoms with Gasteiger partial charge in [-0.05, 0) is 0 Å². The van der Waals surface area contributed by atoms with Gasteiger partial charge >= 0.3 is 0 Å². The molecule has 0 saturated heterocycles. The molecule has 2 heteroatoms. The van der Waals surface area contributed by atoms with E-state index in [0.717, 1.165) is 0 Å². The lowest BCUT2D eigenvalue weighted by atomic mass is 10.0. The molecule has 0 atom stereocenters. The first-order valence-corrected chi connectivity index (χ1v) is 10.4. The fourth-order valence-corrected chi connectivity index (χ4v) is 2.62. The molecule has 0 spiro atoms. The molecule has 0 aromatic heterocycles. The Bertz CT molecular complexity index is 152. The van der Waals surface area contributed by atoms with Crippen LogP contribution in [0.1, 0.15) is 117 Å². The maximum atomic E-state index is 2.29. The summed E-state index contributed by atoms with van der Waals surface area (Å²) in [5.74, 6) is 0. The van der Waals surface area contributed by atoms with Crippen molar-refractivity contribution in [3.05, 3.63) is 0 Å². The molecule has 0 bridgehead atoms. The fraction of sp³-hybridized carbons (Fsp3) is 1.00. The molecule has 0 aromatic carbocycles. The van der Waals surface area contributed by atoms with Crippen molar-refractivity contribution in [2.75, 3.05) is 21.1 Å². The highest BCUT2D eigenvalue weighted by Gasteiger charge is 1.93. The van der Waals surface area contributed by atoms with Crippen LogP contribution in [0.15, 0.2) is 0 Å². The van der Waals surface area contributed by atoms with Gasteiger partial charge in [0.25, 0.3) is 0 Å². The Morgan fingerprint density at radius 3 is 0.652 bits per heavy atom. The number of hydrogen-bond acceptors (Lipinski definition) is 0. The van der Waals surface area contributed by atoms with E-state index in [-0.39, 0.29) is 12.4 Å². The zero-order chi connectivity index (χ0) is 16.9. The van der Waals surface area contributed by atoms with Crippen molar-refractivity contribution >= 4 is 0 Å². The standard InChI is InChI=1S/C18H38.C3H9N.ClH/c1-3-5-7-9-11-13-15-17-18-16-14-12-10-8-6-4-2;1-4(2)3;/h3-18H2,1-2H3;1-3H3;1H. The first-order chi connectivity index (χ1) is 10.6. The van der Waals surface area contributed by atoms with Crippen molar-refractivity contribution in [2.45, 2.75) is 117 Å². The van der Waals surface area contributed by atoms with Crippen LogP contribution >= 0.6 is 0 Å². The molecule has 0 aliphatic heterocycles. The zero-order valence-corrected chi connectivity index (χ0v) is 17.9. The average Bonchev–Trinajstić information content (AvgIpc) is 2.47. The summed E-state index contributed by atoms with van der Waals surface area (Å²) in [6.07, 6.45) is 23.4. The van der Waals surface area contributed by atoms with Gasteiger partial charge in [0.15, 0.2) is 0 Å². The lowest BCUT2D eigenvalue weighted by Crippen LogP contribution is -3.02. The van der Waals surface area contributed by atoms with Crippen molar-refractivity contribution in [2.24, 2.45) is 0 Å². The second kappa shape index (κ2) is 27.1. The number of nitrogens with one attached hydrogen (secondary N) is 1. The van der Waals surface area contributed by atoms with E-state index >= 15 is 0 Å². The minimum Gasteiger partial charge on any atom is -1.00 e. The van der Waals surface area contributed by atoms with Gasteiger partial charge in [-0.25, -0.2) is 0 Å². The first kappa shape index (κ1) is 28.1. The van der Waals surface area contributed by atoms with Crippen molar-refractivity contribution in [3.8, 4) is 0 Å². The molecule has 1 nitrogen and oxygen atoms in total. The first-order valence-electron chi connectivity index (χ1n) is 10.4. The van der Waals surface area contributed by atoms with E-state index in [1.54, 1.807) is 0 Å². The van der Waals surface area contributed by atoms with Gasteiger partial charge in [0.2, 0.25) is 0 Å². The molecular weight excluding hydrogens is 302 g/mol. The Labute approximate surface area is 155 Å². The smallest absolute Gasteiger partial charge is 0.0661 e. The summed E-state index contributed by atoms with van der Waals surface area (Å²) in [6.45, 7) is 4.59. The van der Waals surface area contributed by atoms with Crippen LogP contribution in [0.4, 0.5) is 0 Å². The van der Waals surface area contributed by atoms with Crippen LogP contribution in [-0.4, -0.2) is 21.1 Å². The molecular formula is C21H48ClN. The Kier molecular flexibility index (Phi) is 33.1. The summed E-state index contributed by atoms with van der Waals surface area (Å²) < 4.78 is 0. The van der Waals surface area contributed by atoms with Gasteiger partial charge in [0, 0.05) is 0 Å². The molecule has 23 heavy (non-hydrogen) atoms. The predicted octanol–water partition coefficient (Wildman–Crippen LogP) is 3.03. The lowest BCUT2D eigenvalue weighted by molar-refractivity contribution is -0.836. The van der Waals surface area contributed by atoms with E-state index in [1.165, 1.54) is 108 Å². The van der Waals surface area contributed by atoms with Crippen molar-refractivity contribution in [1.29, 1.82) is 0 Å². The normalized spacial score (nSPS) is 10.2. The number of halogens is 1. The van der Waals surface area contributed by atoms with Crippen LogP contribution in [0, 0.1) is 0 Å². The molecule has 0 aromatic rings. The van der Waals surface area contributed by atoms with Gasteiger partial charge in [0.05, 0.1) is 21.1 Å². The SMILES string of the molecule is CCCCCCCCCCCCCCCCCC.C[NH+](C)C.[Cl-]. The van der Waals surface area contributed by atoms with Gasteiger partial charge in [-0.1, -0.05) is 117 Å². The van der Waals surface area contributed by atoms with Crippen LogP contribution in [0.3, 0.4) is 0 Å². The average molecular weight is 350 g/mol. The Balaban J connectivity index is -0.000000712. The maximum absolute atomic E-state index is 2.29. The largest absolute Gasteiger partial charge is 1.00 e. The van der Waals surface area contributed by atoms with E-state index < -0.39 is 0 Å². The minimum atomic E-state index is 0. The summed E-state index contributed by atoms with van der Waals surface area (Å²) in [7, 11) is 6.25. The van der Waals surface area contributed by atoms with Crippen LogP contribution in [0.5, 0.6) is 0 Å². The number of rotatable bonds is 15. The van der Waals surface area contributed by atoms with E-state index in [0.29, 0.717) is 0 Å². The van der Waals surface area contributed by atoms with E-state index in [9.17, 15) is 0 Å². The fourth-order valence-electron chi connectivity index (χ4n) is 2.62. The van der Waals surface area contributed by atoms with E-state index in [2.05, 4.69) is 35.0 Å². The monoisotopic (exact) mass is 349 g/mol. The summed E-state index contributed by atoms with van der Waals surface area (Å²) in [5, 5.41) is 0. The third-order valence-corrected chi connectivity index (χ3v) is 3.96. The van der Waals surface area contributed by atoms with E-state index in [4.69, 9.17) is 0 Å². The highest BCUT2D eigenvalue weighted by Crippen LogP contribution is 2.13. The third-order valence-electron chi connectivity index (χ3n) is 3.96. The van der Waals surface area contributed by atoms with Gasteiger partial charge in [-0.3, -0.25) is 0 Å². The van der Waals surface area contributed by atoms with Crippen LogP contribution in [-0.2, 0) is 0 Å². The van der Waals surface area contributed by atoms with Crippen LogP contribution in [0.25, 0.3) is 0 Å². The Hall–Kier alpha value is 0.250. The van der Waals surface area contributed by atoms with Gasteiger partial charge in [0.1, 0.15) is 0 Å². The van der Waals surface area contributed by atoms with Gasteiger partial charge < -0.3 is 17.3 Å². The molecule has 0 unspecified atom stereocenters. The van der Waals surface area contributed by atoms with E-state index in [1.807, 2.05) is 0 Å². The number of unbranched alkanes of at least 4 members (excludes halogenated alkanes) is 15. The number of quaternary nitrogens is 1. The molecule has 0 radical (unpaired) electrons. The Morgan fingerprint density at radius 2 is 0.522 bits per heavy atom. The maximum Gasteiger partial charge on any atom is 0.0661 e. The topological polar surface area (TPSA) is 4.44 Å². The molecule has 0 heterocycles. The van der Waals surface area contributed by atoms with Gasteiger partial charge in [-0.2, -0.15) is 0 Å². The molecule has 0 fully saturated rings. The van der Waals surface area contributed by atoms with Gasteiger partial charge in [-0.15, -0.1) is 0 Å². The van der Waals surface area contributed by atoms with Crippen LogP contribution < -0.4 is 17.3 Å². The molecule has 0 aliphatic rings. The third kappa shape index (κ3) is 39.2. The summed E-state index contributed by atoms with van der Waals surface area (Å²) in [6, 6.07) is 0. The summed E-state index contributed by atoms with van der Waals surface area (Å²) in [5.41, 5.74) is 0. The molecule has 0 amide bonds. The zero-order valence-electron chi connectivity index (χ0n) is 17.2. The molecule has 1 N–H and O–H groups in total. The van der Waals surface area contributed by atoms with Crippen molar-refractivity contribution in [1.82, 2.24) is 0 Å². The quantitative estimate of drug-likeness (QED) is 0.433. The molecule has 0 rings (SSSR count). The molecule has 144 valence electrons. The Morgan fingerprint density at radius 1 is 0.391 bits per heavy atom. The molecule has 0 saturated carbocycles. The second-order valence-electron chi connectivity index (χ2n) is 7.45. The lowest BCUT2D eigenvalue weighted by Gasteiger charge is -2.03. The predicted molar refractivity (Wildman–Crippen MR) is 104 cm³/mol. The second-order valence-corrected chi connectivity index (χ2v) is 7.45.